The number of amides is 1. The highest BCUT2D eigenvalue weighted by molar-refractivity contribution is 6.33. The van der Waals surface area contributed by atoms with Crippen LogP contribution in [0, 0.1) is 0 Å². The van der Waals surface area contributed by atoms with E-state index in [1.54, 1.807) is 18.3 Å². The second-order valence-electron chi connectivity index (χ2n) is 8.42. The van der Waals surface area contributed by atoms with Crippen LogP contribution in [-0.4, -0.2) is 24.0 Å². The topological polar surface area (TPSA) is 57.3 Å². The van der Waals surface area contributed by atoms with E-state index in [4.69, 9.17) is 23.2 Å². The summed E-state index contributed by atoms with van der Waals surface area (Å²) in [6, 6.07) is 25.8. The monoisotopic (exact) mass is 502 g/mol. The van der Waals surface area contributed by atoms with Gasteiger partial charge >= 0.3 is 0 Å². The number of aromatic nitrogens is 1. The summed E-state index contributed by atoms with van der Waals surface area (Å²) in [5, 5.41) is 7.61. The van der Waals surface area contributed by atoms with Crippen LogP contribution >= 0.6 is 23.2 Å². The van der Waals surface area contributed by atoms with Crippen molar-refractivity contribution in [1.29, 1.82) is 0 Å². The van der Waals surface area contributed by atoms with Gasteiger partial charge in [0.15, 0.2) is 0 Å². The lowest BCUT2D eigenvalue weighted by Gasteiger charge is -2.32. The minimum Gasteiger partial charge on any atom is -0.367 e. The van der Waals surface area contributed by atoms with Crippen molar-refractivity contribution in [2.45, 2.75) is 13.1 Å². The predicted octanol–water partition coefficient (Wildman–Crippen LogP) is 6.42. The van der Waals surface area contributed by atoms with Crippen molar-refractivity contribution < 1.29 is 4.79 Å². The summed E-state index contributed by atoms with van der Waals surface area (Å²) in [5.74, 6) is 0.584. The molecule has 5 nitrogen and oxygen atoms in total. The molecule has 1 aliphatic rings. The highest BCUT2D eigenvalue weighted by Crippen LogP contribution is 2.31. The molecule has 0 atom stereocenters. The van der Waals surface area contributed by atoms with E-state index in [0.29, 0.717) is 28.7 Å². The van der Waals surface area contributed by atoms with Crippen LogP contribution in [0.3, 0.4) is 0 Å². The Morgan fingerprint density at radius 3 is 2.54 bits per heavy atom. The minimum absolute atomic E-state index is 0.168. The maximum absolute atomic E-state index is 12.9. The van der Waals surface area contributed by atoms with Crippen LogP contribution in [0.1, 0.15) is 21.5 Å². The van der Waals surface area contributed by atoms with Crippen molar-refractivity contribution in [3.8, 4) is 11.1 Å². The van der Waals surface area contributed by atoms with Crippen molar-refractivity contribution in [1.82, 2.24) is 10.3 Å². The molecule has 7 heteroatoms. The van der Waals surface area contributed by atoms with Gasteiger partial charge in [-0.2, -0.15) is 0 Å². The summed E-state index contributed by atoms with van der Waals surface area (Å²) in [6.45, 7) is 2.53. The molecule has 1 aromatic heterocycles. The van der Waals surface area contributed by atoms with Crippen LogP contribution < -0.4 is 15.5 Å². The van der Waals surface area contributed by atoms with Crippen molar-refractivity contribution in [3.63, 3.8) is 0 Å². The molecular formula is C28H24Cl2N4O. The zero-order valence-electron chi connectivity index (χ0n) is 19.0. The molecule has 0 radical (unpaired) electrons. The number of pyridine rings is 1. The molecule has 5 rings (SSSR count). The molecule has 0 fully saturated rings. The quantitative estimate of drug-likeness (QED) is 0.319. The third-order valence-electron chi connectivity index (χ3n) is 6.03. The molecule has 35 heavy (non-hydrogen) atoms. The molecule has 2 N–H and O–H groups in total. The van der Waals surface area contributed by atoms with Gasteiger partial charge in [-0.1, -0.05) is 77.8 Å². The smallest absolute Gasteiger partial charge is 0.253 e. The fraction of sp³-hybridized carbons (Fsp3) is 0.143. The van der Waals surface area contributed by atoms with Gasteiger partial charge in [-0.15, -0.1) is 0 Å². The number of benzene rings is 3. The molecule has 0 spiro atoms. The minimum atomic E-state index is -0.168. The zero-order valence-corrected chi connectivity index (χ0v) is 20.5. The van der Waals surface area contributed by atoms with Crippen LogP contribution in [0.15, 0.2) is 85.1 Å². The van der Waals surface area contributed by atoms with Gasteiger partial charge in [-0.05, 0) is 46.5 Å². The number of carbonyl (C=O) groups is 1. The third kappa shape index (κ3) is 5.42. The molecule has 0 saturated heterocycles. The number of hydrogen-bond acceptors (Lipinski definition) is 4. The molecule has 176 valence electrons. The van der Waals surface area contributed by atoms with Crippen molar-refractivity contribution >= 4 is 40.6 Å². The molecule has 1 aliphatic heterocycles. The van der Waals surface area contributed by atoms with E-state index in [1.165, 1.54) is 5.56 Å². The van der Waals surface area contributed by atoms with E-state index in [-0.39, 0.29) is 5.91 Å². The van der Waals surface area contributed by atoms with Gasteiger partial charge in [0, 0.05) is 42.4 Å². The highest BCUT2D eigenvalue weighted by Gasteiger charge is 2.21. The van der Waals surface area contributed by atoms with Crippen LogP contribution in [0.5, 0.6) is 0 Å². The third-order valence-corrected chi connectivity index (χ3v) is 6.63. The van der Waals surface area contributed by atoms with E-state index in [9.17, 15) is 4.79 Å². The van der Waals surface area contributed by atoms with Crippen molar-refractivity contribution in [2.75, 3.05) is 23.3 Å². The van der Waals surface area contributed by atoms with Crippen LogP contribution in [0.4, 0.5) is 11.5 Å². The van der Waals surface area contributed by atoms with Crippen molar-refractivity contribution in [3.05, 3.63) is 112 Å². The molecular weight excluding hydrogens is 479 g/mol. The second-order valence-corrected chi connectivity index (χ2v) is 9.27. The van der Waals surface area contributed by atoms with E-state index in [2.05, 4.69) is 44.8 Å². The van der Waals surface area contributed by atoms with E-state index >= 15 is 0 Å². The van der Waals surface area contributed by atoms with Gasteiger partial charge in [0.1, 0.15) is 5.82 Å². The molecule has 1 amide bonds. The Hall–Kier alpha value is -3.54. The Kier molecular flexibility index (Phi) is 6.89. The fourth-order valence-electron chi connectivity index (χ4n) is 4.15. The number of hydrogen-bond donors (Lipinski definition) is 2. The van der Waals surface area contributed by atoms with E-state index < -0.39 is 0 Å². The lowest BCUT2D eigenvalue weighted by molar-refractivity contribution is 0.0950. The lowest BCUT2D eigenvalue weighted by Crippen LogP contribution is -2.34. The zero-order chi connectivity index (χ0) is 24.2. The molecule has 4 aromatic rings. The van der Waals surface area contributed by atoms with Gasteiger partial charge < -0.3 is 15.5 Å². The van der Waals surface area contributed by atoms with E-state index in [0.717, 1.165) is 41.3 Å². The highest BCUT2D eigenvalue weighted by atomic mass is 35.5. The van der Waals surface area contributed by atoms with Crippen LogP contribution in [0.25, 0.3) is 11.1 Å². The molecule has 0 bridgehead atoms. The summed E-state index contributed by atoms with van der Waals surface area (Å²) in [5.41, 5.74) is 5.65. The molecule has 3 aromatic carbocycles. The summed E-state index contributed by atoms with van der Waals surface area (Å²) in [7, 11) is 0. The first kappa shape index (κ1) is 23.2. The number of halogens is 2. The lowest BCUT2D eigenvalue weighted by atomic mass is 10.0. The number of anilines is 2. The first-order valence-corrected chi connectivity index (χ1v) is 12.2. The van der Waals surface area contributed by atoms with Crippen LogP contribution in [-0.2, 0) is 13.1 Å². The fourth-order valence-corrected chi connectivity index (χ4v) is 4.52. The van der Waals surface area contributed by atoms with Gasteiger partial charge in [0.05, 0.1) is 11.3 Å². The average Bonchev–Trinajstić information content (AvgIpc) is 2.90. The summed E-state index contributed by atoms with van der Waals surface area (Å²) in [4.78, 5) is 19.6. The maximum Gasteiger partial charge on any atom is 0.253 e. The van der Waals surface area contributed by atoms with E-state index in [1.807, 2.05) is 42.5 Å². The average molecular weight is 503 g/mol. The SMILES string of the molecule is O=C(NCc1ccc(-c2ccccc2)cc1)c1cnc2c(c1)N(Cc1cc(Cl)ccc1Cl)CCN2. The summed E-state index contributed by atoms with van der Waals surface area (Å²) in [6.07, 6.45) is 1.61. The Bertz CT molecular complexity index is 1340. The number of nitrogens with one attached hydrogen (secondary N) is 2. The van der Waals surface area contributed by atoms with Gasteiger partial charge in [0.2, 0.25) is 0 Å². The second kappa shape index (κ2) is 10.4. The standard InChI is InChI=1S/C28H24Cl2N4O/c29-24-10-11-25(30)23(14-24)18-34-13-12-31-27-26(34)15-22(17-32-27)28(35)33-16-19-6-8-21(9-7-19)20-4-2-1-3-5-20/h1-11,14-15,17H,12-13,16,18H2,(H,31,32)(H,33,35). The number of fused-ring (bicyclic) bond motifs is 1. The first-order chi connectivity index (χ1) is 17.1. The first-order valence-electron chi connectivity index (χ1n) is 11.4. The molecule has 0 aliphatic carbocycles. The summed E-state index contributed by atoms with van der Waals surface area (Å²) >= 11 is 12.6. The number of carbonyl (C=O) groups excluding carboxylic acids is 1. The Morgan fingerprint density at radius 1 is 0.971 bits per heavy atom. The molecule has 0 saturated carbocycles. The van der Waals surface area contributed by atoms with Crippen molar-refractivity contribution in [2.24, 2.45) is 0 Å². The van der Waals surface area contributed by atoms with Gasteiger partial charge in [0.25, 0.3) is 5.91 Å². The Morgan fingerprint density at radius 2 is 1.74 bits per heavy atom. The summed E-state index contributed by atoms with van der Waals surface area (Å²) < 4.78 is 0. The normalized spacial score (nSPS) is 12.6. The number of nitrogens with zero attached hydrogens (tertiary/aromatic N) is 2. The Balaban J connectivity index is 1.28. The number of rotatable bonds is 6. The molecule has 0 unspecified atom stereocenters. The van der Waals surface area contributed by atoms with Gasteiger partial charge in [-0.25, -0.2) is 4.98 Å². The maximum atomic E-state index is 12.9. The predicted molar refractivity (Wildman–Crippen MR) is 143 cm³/mol. The largest absolute Gasteiger partial charge is 0.367 e. The molecule has 2 heterocycles. The van der Waals surface area contributed by atoms with Crippen LogP contribution in [0.2, 0.25) is 10.0 Å². The Labute approximate surface area is 214 Å². The van der Waals surface area contributed by atoms with Gasteiger partial charge in [-0.3, -0.25) is 4.79 Å².